The van der Waals surface area contributed by atoms with Crippen molar-refractivity contribution in [3.05, 3.63) is 54.1 Å². The minimum Gasteiger partial charge on any atom is -0.337 e. The quantitative estimate of drug-likeness (QED) is 0.941. The Morgan fingerprint density at radius 2 is 2.15 bits per heavy atom. The smallest absolute Gasteiger partial charge is 0.337 e. The Kier molecular flexibility index (Phi) is 4.07. The van der Waals surface area contributed by atoms with Crippen molar-refractivity contribution in [3.8, 4) is 0 Å². The first kappa shape index (κ1) is 14.1. The van der Waals surface area contributed by atoms with Crippen molar-refractivity contribution >= 4 is 6.03 Å². The van der Waals surface area contributed by atoms with Crippen molar-refractivity contribution in [1.29, 1.82) is 0 Å². The van der Waals surface area contributed by atoms with Crippen molar-refractivity contribution in [2.75, 3.05) is 6.54 Å². The van der Waals surface area contributed by atoms with Crippen LogP contribution in [-0.2, 0) is 12.6 Å². The number of carbonyl (C=O) groups excluding carboxylic acids is 1. The molecule has 0 atom stereocenters. The lowest BCUT2D eigenvalue weighted by Crippen LogP contribution is -2.29. The van der Waals surface area contributed by atoms with Gasteiger partial charge in [-0.15, -0.1) is 0 Å². The van der Waals surface area contributed by atoms with Gasteiger partial charge in [0.1, 0.15) is 6.33 Å². The molecule has 2 rings (SSSR count). The van der Waals surface area contributed by atoms with Crippen molar-refractivity contribution in [3.63, 3.8) is 0 Å². The molecular weight excluding hydrogens is 271 g/mol. The summed E-state index contributed by atoms with van der Waals surface area (Å²) in [5.74, 6) is 0. The average Bonchev–Trinajstić information content (AvgIpc) is 2.92. The summed E-state index contributed by atoms with van der Waals surface area (Å²) in [6.07, 6.45) is 0.270. The SMILES string of the molecule is O=C(NCCc1cccc(C(F)(F)F)c1)n1ccnc1. The minimum absolute atomic E-state index is 0.248. The van der Waals surface area contributed by atoms with Crippen LogP contribution in [0.3, 0.4) is 0 Å². The number of hydrogen-bond donors (Lipinski definition) is 1. The third kappa shape index (κ3) is 3.59. The molecule has 1 heterocycles. The zero-order chi connectivity index (χ0) is 14.6. The number of imidazole rings is 1. The van der Waals surface area contributed by atoms with E-state index in [1.807, 2.05) is 0 Å². The Labute approximate surface area is 113 Å². The number of alkyl halides is 3. The molecule has 0 aliphatic heterocycles. The summed E-state index contributed by atoms with van der Waals surface area (Å²) in [7, 11) is 0. The van der Waals surface area contributed by atoms with Crippen LogP contribution in [0.15, 0.2) is 43.0 Å². The van der Waals surface area contributed by atoms with Gasteiger partial charge in [-0.3, -0.25) is 4.57 Å². The molecule has 0 bridgehead atoms. The van der Waals surface area contributed by atoms with Gasteiger partial charge in [-0.1, -0.05) is 18.2 Å². The molecule has 1 aromatic carbocycles. The highest BCUT2D eigenvalue weighted by Gasteiger charge is 2.30. The van der Waals surface area contributed by atoms with E-state index in [1.54, 1.807) is 6.07 Å². The van der Waals surface area contributed by atoms with Crippen LogP contribution in [0.4, 0.5) is 18.0 Å². The molecule has 1 aromatic heterocycles. The van der Waals surface area contributed by atoms with Crippen LogP contribution < -0.4 is 5.32 Å². The molecule has 1 amide bonds. The molecule has 0 unspecified atom stereocenters. The predicted octanol–water partition coefficient (Wildman–Crippen LogP) is 2.70. The zero-order valence-electron chi connectivity index (χ0n) is 10.4. The Morgan fingerprint density at radius 1 is 1.35 bits per heavy atom. The Hall–Kier alpha value is -2.31. The third-order valence-corrected chi connectivity index (χ3v) is 2.68. The van der Waals surface area contributed by atoms with E-state index in [1.165, 1.54) is 29.4 Å². The highest BCUT2D eigenvalue weighted by molar-refractivity contribution is 5.76. The average molecular weight is 283 g/mol. The largest absolute Gasteiger partial charge is 0.416 e. The van der Waals surface area contributed by atoms with Gasteiger partial charge in [-0.25, -0.2) is 9.78 Å². The van der Waals surface area contributed by atoms with Crippen LogP contribution in [0.25, 0.3) is 0 Å². The second-order valence-electron chi connectivity index (χ2n) is 4.15. The van der Waals surface area contributed by atoms with Crippen molar-refractivity contribution in [2.45, 2.75) is 12.6 Å². The van der Waals surface area contributed by atoms with E-state index in [0.29, 0.717) is 12.0 Å². The maximum absolute atomic E-state index is 12.5. The molecule has 0 aliphatic carbocycles. The molecule has 4 nitrogen and oxygen atoms in total. The lowest BCUT2D eigenvalue weighted by molar-refractivity contribution is -0.137. The fraction of sp³-hybridized carbons (Fsp3) is 0.231. The third-order valence-electron chi connectivity index (χ3n) is 2.68. The highest BCUT2D eigenvalue weighted by Crippen LogP contribution is 2.29. The molecule has 20 heavy (non-hydrogen) atoms. The van der Waals surface area contributed by atoms with Gasteiger partial charge >= 0.3 is 12.2 Å². The van der Waals surface area contributed by atoms with Crippen LogP contribution in [0.5, 0.6) is 0 Å². The molecule has 0 spiro atoms. The molecule has 0 aliphatic rings. The topological polar surface area (TPSA) is 46.9 Å². The summed E-state index contributed by atoms with van der Waals surface area (Å²) in [5, 5.41) is 2.59. The number of nitrogens with zero attached hydrogens (tertiary/aromatic N) is 2. The van der Waals surface area contributed by atoms with Crippen molar-refractivity contribution in [2.24, 2.45) is 0 Å². The van der Waals surface area contributed by atoms with E-state index in [-0.39, 0.29) is 12.6 Å². The standard InChI is InChI=1S/C13H12F3N3O/c14-13(15,16)11-3-1-2-10(8-11)4-5-18-12(20)19-7-6-17-9-19/h1-3,6-9H,4-5H2,(H,18,20). The number of aromatic nitrogens is 2. The first-order chi connectivity index (χ1) is 9.47. The summed E-state index contributed by atoms with van der Waals surface area (Å²) in [6.45, 7) is 0.248. The maximum Gasteiger partial charge on any atom is 0.416 e. The van der Waals surface area contributed by atoms with Gasteiger partial charge in [0.05, 0.1) is 5.56 Å². The molecular formula is C13H12F3N3O. The second-order valence-corrected chi connectivity index (χ2v) is 4.15. The van der Waals surface area contributed by atoms with Gasteiger partial charge in [-0.2, -0.15) is 13.2 Å². The summed E-state index contributed by atoms with van der Waals surface area (Å²) >= 11 is 0. The minimum atomic E-state index is -4.35. The lowest BCUT2D eigenvalue weighted by Gasteiger charge is -2.09. The van der Waals surface area contributed by atoms with Crippen molar-refractivity contribution < 1.29 is 18.0 Å². The molecule has 2 aromatic rings. The number of carbonyl (C=O) groups is 1. The number of nitrogens with one attached hydrogen (secondary N) is 1. The van der Waals surface area contributed by atoms with Gasteiger partial charge in [0.2, 0.25) is 0 Å². The fourth-order valence-corrected chi connectivity index (χ4v) is 1.69. The van der Waals surface area contributed by atoms with E-state index in [9.17, 15) is 18.0 Å². The zero-order valence-corrected chi connectivity index (χ0v) is 10.4. The van der Waals surface area contributed by atoms with E-state index in [2.05, 4.69) is 10.3 Å². The second kappa shape index (κ2) is 5.77. The number of halogens is 3. The Morgan fingerprint density at radius 3 is 2.80 bits per heavy atom. The number of rotatable bonds is 3. The molecule has 0 saturated carbocycles. The van der Waals surface area contributed by atoms with Crippen LogP contribution in [0.2, 0.25) is 0 Å². The molecule has 106 valence electrons. The maximum atomic E-state index is 12.5. The number of hydrogen-bond acceptors (Lipinski definition) is 2. The van der Waals surface area contributed by atoms with Gasteiger partial charge in [-0.05, 0) is 18.1 Å². The van der Waals surface area contributed by atoms with Crippen LogP contribution >= 0.6 is 0 Å². The molecule has 1 N–H and O–H groups in total. The monoisotopic (exact) mass is 283 g/mol. The number of amides is 1. The van der Waals surface area contributed by atoms with E-state index in [4.69, 9.17) is 0 Å². The summed E-state index contributed by atoms with van der Waals surface area (Å²) < 4.78 is 38.8. The lowest BCUT2D eigenvalue weighted by atomic mass is 10.1. The van der Waals surface area contributed by atoms with Crippen molar-refractivity contribution in [1.82, 2.24) is 14.9 Å². The van der Waals surface area contributed by atoms with Crippen LogP contribution in [0.1, 0.15) is 11.1 Å². The van der Waals surface area contributed by atoms with E-state index < -0.39 is 11.7 Å². The van der Waals surface area contributed by atoms with Crippen LogP contribution in [-0.4, -0.2) is 22.1 Å². The number of benzene rings is 1. The van der Waals surface area contributed by atoms with E-state index in [0.717, 1.165) is 12.1 Å². The molecule has 0 saturated heterocycles. The first-order valence-electron chi connectivity index (χ1n) is 5.89. The predicted molar refractivity (Wildman–Crippen MR) is 66.2 cm³/mol. The fourth-order valence-electron chi connectivity index (χ4n) is 1.69. The molecule has 0 radical (unpaired) electrons. The first-order valence-corrected chi connectivity index (χ1v) is 5.89. The Balaban J connectivity index is 1.90. The highest BCUT2D eigenvalue weighted by atomic mass is 19.4. The van der Waals surface area contributed by atoms with Gasteiger partial charge in [0.25, 0.3) is 0 Å². The normalized spacial score (nSPS) is 11.3. The summed E-state index contributed by atoms with van der Waals surface area (Å²) in [5.41, 5.74) is -0.165. The van der Waals surface area contributed by atoms with Gasteiger partial charge in [0, 0.05) is 18.9 Å². The molecule has 0 fully saturated rings. The van der Waals surface area contributed by atoms with Gasteiger partial charge in [0.15, 0.2) is 0 Å². The summed E-state index contributed by atoms with van der Waals surface area (Å²) in [4.78, 5) is 15.3. The Bertz CT molecular complexity index is 579. The summed E-state index contributed by atoms with van der Waals surface area (Å²) in [6, 6.07) is 4.69. The van der Waals surface area contributed by atoms with E-state index >= 15 is 0 Å². The van der Waals surface area contributed by atoms with Crippen LogP contribution in [0, 0.1) is 0 Å². The van der Waals surface area contributed by atoms with Gasteiger partial charge < -0.3 is 5.32 Å². The molecule has 7 heteroatoms.